The van der Waals surface area contributed by atoms with Gasteiger partial charge in [0, 0.05) is 4.47 Å². The largest absolute Gasteiger partial charge is 0.307 e. The van der Waals surface area contributed by atoms with Gasteiger partial charge in [-0.05, 0) is 41.4 Å². The van der Waals surface area contributed by atoms with Gasteiger partial charge in [-0.25, -0.2) is 0 Å². The number of hydrogen-bond acceptors (Lipinski definition) is 3. The Labute approximate surface area is 99.8 Å². The first-order chi connectivity index (χ1) is 6.68. The van der Waals surface area contributed by atoms with E-state index in [2.05, 4.69) is 21.2 Å². The molecule has 0 radical (unpaired) electrons. The monoisotopic (exact) mass is 293 g/mol. The van der Waals surface area contributed by atoms with E-state index in [4.69, 9.17) is 11.6 Å². The van der Waals surface area contributed by atoms with Gasteiger partial charge in [0.2, 0.25) is 0 Å². The summed E-state index contributed by atoms with van der Waals surface area (Å²) in [6.45, 7) is 0.941. The van der Waals surface area contributed by atoms with Crippen molar-refractivity contribution in [3.8, 4) is 0 Å². The van der Waals surface area contributed by atoms with E-state index < -0.39 is 0 Å². The molecule has 1 aliphatic rings. The first-order valence-corrected chi connectivity index (χ1v) is 6.39. The Bertz CT molecular complexity index is 340. The molecule has 14 heavy (non-hydrogen) atoms. The maximum Gasteiger partial charge on any atom is 0.189 e. The molecule has 1 fully saturated rings. The van der Waals surface area contributed by atoms with Crippen molar-refractivity contribution in [3.63, 3.8) is 0 Å². The number of carbonyl (C=O) groups is 1. The zero-order chi connectivity index (χ0) is 10.1. The quantitative estimate of drug-likeness (QED) is 0.849. The molecule has 76 valence electrons. The number of nitrogens with one attached hydrogen (secondary N) is 1. The normalized spacial score (nSPS) is 21.4. The number of Topliss-reactive ketones (excluding diaryl/α,β-unsaturated/α-hetero) is 1. The lowest BCUT2D eigenvalue weighted by molar-refractivity contribution is 0.0956. The van der Waals surface area contributed by atoms with Crippen LogP contribution in [0.15, 0.2) is 10.5 Å². The van der Waals surface area contributed by atoms with Crippen LogP contribution in [0, 0.1) is 0 Å². The SMILES string of the molecule is O=C(c1cc(Br)c(Cl)s1)C1CCCN1. The van der Waals surface area contributed by atoms with Crippen LogP contribution in [0.3, 0.4) is 0 Å². The van der Waals surface area contributed by atoms with Crippen LogP contribution < -0.4 is 5.32 Å². The molecule has 1 aromatic heterocycles. The van der Waals surface area contributed by atoms with E-state index >= 15 is 0 Å². The second-order valence-electron chi connectivity index (χ2n) is 3.25. The Morgan fingerprint density at radius 1 is 1.71 bits per heavy atom. The van der Waals surface area contributed by atoms with Gasteiger partial charge in [-0.1, -0.05) is 11.6 Å². The highest BCUT2D eigenvalue weighted by Gasteiger charge is 2.24. The fourth-order valence-corrected chi connectivity index (χ4v) is 3.24. The molecular formula is C9H9BrClNOS. The number of thiophene rings is 1. The Morgan fingerprint density at radius 3 is 3.00 bits per heavy atom. The Hall–Kier alpha value is 0.1000. The summed E-state index contributed by atoms with van der Waals surface area (Å²) in [4.78, 5) is 12.6. The van der Waals surface area contributed by atoms with E-state index in [1.165, 1.54) is 11.3 Å². The van der Waals surface area contributed by atoms with E-state index in [9.17, 15) is 4.79 Å². The van der Waals surface area contributed by atoms with Crippen LogP contribution in [0.1, 0.15) is 22.5 Å². The van der Waals surface area contributed by atoms with Crippen molar-refractivity contribution in [2.75, 3.05) is 6.54 Å². The third-order valence-corrected chi connectivity index (χ3v) is 4.75. The minimum absolute atomic E-state index is 0.00313. The second-order valence-corrected chi connectivity index (χ2v) is 5.75. The van der Waals surface area contributed by atoms with Crippen LogP contribution in [0.5, 0.6) is 0 Å². The molecule has 1 atom stereocenters. The summed E-state index contributed by atoms with van der Waals surface area (Å²) in [7, 11) is 0. The van der Waals surface area contributed by atoms with Gasteiger partial charge in [0.25, 0.3) is 0 Å². The third-order valence-electron chi connectivity index (χ3n) is 2.26. The lowest BCUT2D eigenvalue weighted by atomic mass is 10.1. The highest BCUT2D eigenvalue weighted by Crippen LogP contribution is 2.33. The minimum atomic E-state index is -0.00313. The summed E-state index contributed by atoms with van der Waals surface area (Å²) >= 11 is 10.5. The van der Waals surface area contributed by atoms with E-state index in [0.29, 0.717) is 4.34 Å². The molecule has 2 rings (SSSR count). The highest BCUT2D eigenvalue weighted by molar-refractivity contribution is 9.10. The van der Waals surface area contributed by atoms with Gasteiger partial charge >= 0.3 is 0 Å². The molecule has 0 spiro atoms. The van der Waals surface area contributed by atoms with Gasteiger partial charge in [-0.15, -0.1) is 11.3 Å². The van der Waals surface area contributed by atoms with Crippen molar-refractivity contribution in [2.24, 2.45) is 0 Å². The number of hydrogen-bond donors (Lipinski definition) is 1. The Kier molecular flexibility index (Phi) is 3.27. The van der Waals surface area contributed by atoms with Gasteiger partial charge in [-0.2, -0.15) is 0 Å². The molecule has 0 aromatic carbocycles. The molecule has 1 N–H and O–H groups in total. The van der Waals surface area contributed by atoms with Gasteiger partial charge in [0.15, 0.2) is 5.78 Å². The van der Waals surface area contributed by atoms with E-state index in [1.807, 2.05) is 0 Å². The summed E-state index contributed by atoms with van der Waals surface area (Å²) in [6, 6.07) is 1.80. The topological polar surface area (TPSA) is 29.1 Å². The lowest BCUT2D eigenvalue weighted by Gasteiger charge is -2.05. The van der Waals surface area contributed by atoms with Gasteiger partial charge in [0.1, 0.15) is 4.34 Å². The van der Waals surface area contributed by atoms with Crippen molar-refractivity contribution >= 4 is 44.7 Å². The summed E-state index contributed by atoms with van der Waals surface area (Å²) in [6.07, 6.45) is 2.02. The minimum Gasteiger partial charge on any atom is -0.307 e. The van der Waals surface area contributed by atoms with Crippen LogP contribution in [0.25, 0.3) is 0 Å². The second kappa shape index (κ2) is 4.31. The van der Waals surface area contributed by atoms with Crippen molar-refractivity contribution in [1.29, 1.82) is 0 Å². The Morgan fingerprint density at radius 2 is 2.50 bits per heavy atom. The smallest absolute Gasteiger partial charge is 0.189 e. The van der Waals surface area contributed by atoms with E-state index in [1.54, 1.807) is 6.07 Å². The number of carbonyl (C=O) groups excluding carboxylic acids is 1. The molecule has 1 aliphatic heterocycles. The predicted molar refractivity (Wildman–Crippen MR) is 62.4 cm³/mol. The molecule has 0 aliphatic carbocycles. The zero-order valence-electron chi connectivity index (χ0n) is 7.35. The van der Waals surface area contributed by atoms with Crippen molar-refractivity contribution in [3.05, 3.63) is 19.8 Å². The van der Waals surface area contributed by atoms with Crippen LogP contribution in [0.2, 0.25) is 4.34 Å². The van der Waals surface area contributed by atoms with Crippen molar-refractivity contribution < 1.29 is 4.79 Å². The van der Waals surface area contributed by atoms with Crippen molar-refractivity contribution in [1.82, 2.24) is 5.32 Å². The Balaban J connectivity index is 2.18. The van der Waals surface area contributed by atoms with Gasteiger partial charge in [0.05, 0.1) is 10.9 Å². The van der Waals surface area contributed by atoms with E-state index in [-0.39, 0.29) is 11.8 Å². The van der Waals surface area contributed by atoms with Crippen LogP contribution in [0.4, 0.5) is 0 Å². The van der Waals surface area contributed by atoms with Crippen molar-refractivity contribution in [2.45, 2.75) is 18.9 Å². The standard InChI is InChI=1S/C9H9BrClNOS/c10-5-4-7(14-9(5)11)8(13)6-2-1-3-12-6/h4,6,12H,1-3H2. The fourth-order valence-electron chi connectivity index (χ4n) is 1.55. The molecule has 2 nitrogen and oxygen atoms in total. The molecule has 1 saturated heterocycles. The average Bonchev–Trinajstić information content (AvgIpc) is 2.76. The molecular weight excluding hydrogens is 286 g/mol. The maximum atomic E-state index is 11.9. The van der Waals surface area contributed by atoms with Gasteiger partial charge in [-0.3, -0.25) is 4.79 Å². The predicted octanol–water partition coefficient (Wildman–Crippen LogP) is 3.10. The zero-order valence-corrected chi connectivity index (χ0v) is 10.5. The lowest BCUT2D eigenvalue weighted by Crippen LogP contribution is -2.30. The molecule has 5 heteroatoms. The van der Waals surface area contributed by atoms with Gasteiger partial charge < -0.3 is 5.32 Å². The summed E-state index contributed by atoms with van der Waals surface area (Å²) in [5.74, 6) is 0.167. The number of halogens is 2. The number of rotatable bonds is 2. The maximum absolute atomic E-state index is 11.9. The third kappa shape index (κ3) is 2.03. The molecule has 1 unspecified atom stereocenters. The first kappa shape index (κ1) is 10.6. The van der Waals surface area contributed by atoms with Crippen LogP contribution >= 0.6 is 38.9 Å². The molecule has 2 heterocycles. The first-order valence-electron chi connectivity index (χ1n) is 4.41. The van der Waals surface area contributed by atoms with Crippen LogP contribution in [-0.2, 0) is 0 Å². The summed E-state index contributed by atoms with van der Waals surface area (Å²) < 4.78 is 1.46. The average molecular weight is 295 g/mol. The molecule has 0 bridgehead atoms. The fraction of sp³-hybridized carbons (Fsp3) is 0.444. The molecule has 0 amide bonds. The highest BCUT2D eigenvalue weighted by atomic mass is 79.9. The summed E-state index contributed by atoms with van der Waals surface area (Å²) in [5, 5.41) is 3.18. The number of ketones is 1. The van der Waals surface area contributed by atoms with Crippen LogP contribution in [-0.4, -0.2) is 18.4 Å². The van der Waals surface area contributed by atoms with E-state index in [0.717, 1.165) is 28.7 Å². The molecule has 1 aromatic rings. The molecule has 0 saturated carbocycles. The summed E-state index contributed by atoms with van der Waals surface area (Å²) in [5.41, 5.74) is 0.